The van der Waals surface area contributed by atoms with Gasteiger partial charge in [-0.1, -0.05) is 48.5 Å². The van der Waals surface area contributed by atoms with E-state index in [-0.39, 0.29) is 6.61 Å². The minimum Gasteiger partial charge on any atom is -0.548 e. The quantitative estimate of drug-likeness (QED) is 0.842. The molecule has 1 N–H and O–H groups in total. The van der Waals surface area contributed by atoms with Crippen molar-refractivity contribution in [2.75, 3.05) is 13.2 Å². The molecule has 108 valence electrons. The van der Waals surface area contributed by atoms with Crippen molar-refractivity contribution in [3.63, 3.8) is 0 Å². The third kappa shape index (κ3) is 4.35. The normalized spacial score (nSPS) is 9.90. The third-order valence-electron chi connectivity index (χ3n) is 2.76. The molecule has 2 aromatic rings. The summed E-state index contributed by atoms with van der Waals surface area (Å²) in [7, 11) is 0. The summed E-state index contributed by atoms with van der Waals surface area (Å²) >= 11 is 0. The van der Waals surface area contributed by atoms with Crippen LogP contribution in [-0.4, -0.2) is 25.0 Å². The van der Waals surface area contributed by atoms with Gasteiger partial charge < -0.3 is 20.0 Å². The van der Waals surface area contributed by atoms with Gasteiger partial charge in [-0.15, -0.1) is 0 Å². The van der Waals surface area contributed by atoms with Crippen LogP contribution in [0.4, 0.5) is 0 Å². The van der Waals surface area contributed by atoms with Crippen LogP contribution in [0.3, 0.4) is 0 Å². The molecular formula is C16H14NO4-. The summed E-state index contributed by atoms with van der Waals surface area (Å²) in [6.45, 7) is -0.778. The monoisotopic (exact) mass is 284 g/mol. The van der Waals surface area contributed by atoms with Gasteiger partial charge in [-0.05, 0) is 11.6 Å². The minimum atomic E-state index is -1.34. The maximum Gasteiger partial charge on any atom is 0.258 e. The molecule has 0 aliphatic heterocycles. The van der Waals surface area contributed by atoms with Crippen LogP contribution >= 0.6 is 0 Å². The van der Waals surface area contributed by atoms with Gasteiger partial charge in [-0.25, -0.2) is 0 Å². The Labute approximate surface area is 122 Å². The number of hydrogen-bond donors (Lipinski definition) is 1. The van der Waals surface area contributed by atoms with Crippen LogP contribution in [0, 0.1) is 0 Å². The van der Waals surface area contributed by atoms with Crippen LogP contribution in [0.1, 0.15) is 0 Å². The lowest BCUT2D eigenvalue weighted by Gasteiger charge is -2.12. The first-order chi connectivity index (χ1) is 10.2. The third-order valence-corrected chi connectivity index (χ3v) is 2.76. The van der Waals surface area contributed by atoms with Gasteiger partial charge in [0.1, 0.15) is 5.75 Å². The lowest BCUT2D eigenvalue weighted by molar-refractivity contribution is -0.304. The van der Waals surface area contributed by atoms with Crippen molar-refractivity contribution in [2.24, 2.45) is 0 Å². The minimum absolute atomic E-state index is 0.253. The molecule has 2 rings (SSSR count). The molecule has 1 amide bonds. The van der Waals surface area contributed by atoms with E-state index in [0.29, 0.717) is 5.75 Å². The number of carboxylic acids is 1. The molecule has 0 radical (unpaired) electrons. The van der Waals surface area contributed by atoms with E-state index in [1.165, 1.54) is 0 Å². The van der Waals surface area contributed by atoms with E-state index in [2.05, 4.69) is 5.32 Å². The zero-order valence-electron chi connectivity index (χ0n) is 11.2. The Morgan fingerprint density at radius 3 is 2.38 bits per heavy atom. The average Bonchev–Trinajstić information content (AvgIpc) is 2.52. The Balaban J connectivity index is 2.04. The molecule has 0 bridgehead atoms. The molecule has 0 unspecified atom stereocenters. The molecule has 0 aliphatic rings. The standard InChI is InChI=1S/C16H15NO4/c18-15(17-10-16(19)20)11-21-14-9-5-4-8-13(14)12-6-2-1-3-7-12/h1-9H,10-11H2,(H,17,18)(H,19,20)/p-1. The van der Waals surface area contributed by atoms with E-state index in [1.54, 1.807) is 12.1 Å². The van der Waals surface area contributed by atoms with Gasteiger partial charge >= 0.3 is 0 Å². The second-order valence-corrected chi connectivity index (χ2v) is 4.30. The topological polar surface area (TPSA) is 78.5 Å². The molecule has 0 spiro atoms. The van der Waals surface area contributed by atoms with E-state index < -0.39 is 18.4 Å². The first-order valence-electron chi connectivity index (χ1n) is 6.40. The highest BCUT2D eigenvalue weighted by atomic mass is 16.5. The van der Waals surface area contributed by atoms with Crippen LogP contribution < -0.4 is 15.2 Å². The second-order valence-electron chi connectivity index (χ2n) is 4.30. The Bertz CT molecular complexity index is 625. The summed E-state index contributed by atoms with van der Waals surface area (Å²) in [5, 5.41) is 12.4. The molecule has 5 heteroatoms. The SMILES string of the molecule is O=C([O-])CNC(=O)COc1ccccc1-c1ccccc1. The van der Waals surface area contributed by atoms with Crippen molar-refractivity contribution in [3.05, 3.63) is 54.6 Å². The van der Waals surface area contributed by atoms with Crippen molar-refractivity contribution in [3.8, 4) is 16.9 Å². The number of ether oxygens (including phenoxy) is 1. The summed E-state index contributed by atoms with van der Waals surface area (Å²) < 4.78 is 5.46. The molecule has 21 heavy (non-hydrogen) atoms. The Kier molecular flexibility index (Phi) is 4.93. The first kappa shape index (κ1) is 14.6. The first-order valence-corrected chi connectivity index (χ1v) is 6.40. The van der Waals surface area contributed by atoms with Crippen molar-refractivity contribution >= 4 is 11.9 Å². The predicted octanol–water partition coefficient (Wildman–Crippen LogP) is 0.599. The van der Waals surface area contributed by atoms with E-state index in [0.717, 1.165) is 11.1 Å². The van der Waals surface area contributed by atoms with Crippen molar-refractivity contribution < 1.29 is 19.4 Å². The Morgan fingerprint density at radius 2 is 1.67 bits per heavy atom. The lowest BCUT2D eigenvalue weighted by Crippen LogP contribution is -2.39. The molecular weight excluding hydrogens is 270 g/mol. The summed E-state index contributed by atoms with van der Waals surface area (Å²) in [6.07, 6.45) is 0. The van der Waals surface area contributed by atoms with Gasteiger partial charge in [-0.2, -0.15) is 0 Å². The number of aliphatic carboxylic acids is 1. The van der Waals surface area contributed by atoms with Gasteiger partial charge in [0.25, 0.3) is 5.91 Å². The molecule has 0 fully saturated rings. The number of rotatable bonds is 6. The van der Waals surface area contributed by atoms with Crippen LogP contribution in [0.25, 0.3) is 11.1 Å². The summed E-state index contributed by atoms with van der Waals surface area (Å²) in [6, 6.07) is 17.0. The molecule has 2 aromatic carbocycles. The Morgan fingerprint density at radius 1 is 1.00 bits per heavy atom. The fourth-order valence-electron chi connectivity index (χ4n) is 1.81. The molecule has 0 heterocycles. The maximum atomic E-state index is 11.4. The number of amides is 1. The molecule has 0 aliphatic carbocycles. The van der Waals surface area contributed by atoms with E-state index >= 15 is 0 Å². The van der Waals surface area contributed by atoms with Crippen molar-refractivity contribution in [1.82, 2.24) is 5.32 Å². The number of hydrogen-bond acceptors (Lipinski definition) is 4. The zero-order chi connectivity index (χ0) is 15.1. The summed E-state index contributed by atoms with van der Waals surface area (Å²) in [4.78, 5) is 21.7. The van der Waals surface area contributed by atoms with Crippen molar-refractivity contribution in [2.45, 2.75) is 0 Å². The lowest BCUT2D eigenvalue weighted by atomic mass is 10.1. The second kappa shape index (κ2) is 7.09. The van der Waals surface area contributed by atoms with Gasteiger partial charge in [-0.3, -0.25) is 4.79 Å². The molecule has 5 nitrogen and oxygen atoms in total. The molecule has 0 atom stereocenters. The highest BCUT2D eigenvalue weighted by Crippen LogP contribution is 2.29. The number of para-hydroxylation sites is 1. The smallest absolute Gasteiger partial charge is 0.258 e. The van der Waals surface area contributed by atoms with Crippen molar-refractivity contribution in [1.29, 1.82) is 0 Å². The van der Waals surface area contributed by atoms with Crippen LogP contribution in [-0.2, 0) is 9.59 Å². The summed E-state index contributed by atoms with van der Waals surface area (Å²) in [5.41, 5.74) is 1.84. The fraction of sp³-hybridized carbons (Fsp3) is 0.125. The molecule has 0 aromatic heterocycles. The zero-order valence-corrected chi connectivity index (χ0v) is 11.2. The van der Waals surface area contributed by atoms with Crippen LogP contribution in [0.2, 0.25) is 0 Å². The number of carbonyl (C=O) groups excluding carboxylic acids is 2. The van der Waals surface area contributed by atoms with Gasteiger partial charge in [0.2, 0.25) is 0 Å². The average molecular weight is 284 g/mol. The fourth-order valence-corrected chi connectivity index (χ4v) is 1.81. The highest BCUT2D eigenvalue weighted by Gasteiger charge is 2.07. The van der Waals surface area contributed by atoms with Gasteiger partial charge in [0, 0.05) is 5.56 Å². The van der Waals surface area contributed by atoms with Gasteiger partial charge in [0.05, 0.1) is 12.5 Å². The largest absolute Gasteiger partial charge is 0.548 e. The number of benzene rings is 2. The van der Waals surface area contributed by atoms with Gasteiger partial charge in [0.15, 0.2) is 6.61 Å². The van der Waals surface area contributed by atoms with Crippen LogP contribution in [0.15, 0.2) is 54.6 Å². The summed E-state index contributed by atoms with van der Waals surface area (Å²) in [5.74, 6) is -1.29. The molecule has 0 saturated carbocycles. The number of carbonyl (C=O) groups is 2. The Hall–Kier alpha value is -2.82. The molecule has 0 saturated heterocycles. The maximum absolute atomic E-state index is 11.4. The predicted molar refractivity (Wildman–Crippen MR) is 75.4 cm³/mol. The number of carboxylic acid groups (broad SMARTS) is 1. The van der Waals surface area contributed by atoms with E-state index in [9.17, 15) is 14.7 Å². The highest BCUT2D eigenvalue weighted by molar-refractivity contribution is 5.82. The van der Waals surface area contributed by atoms with E-state index in [1.807, 2.05) is 42.5 Å². The van der Waals surface area contributed by atoms with E-state index in [4.69, 9.17) is 4.74 Å². The van der Waals surface area contributed by atoms with Crippen LogP contribution in [0.5, 0.6) is 5.75 Å². The number of nitrogens with one attached hydrogen (secondary N) is 1.